The maximum Gasteiger partial charge on any atom is 0.339 e. The highest BCUT2D eigenvalue weighted by molar-refractivity contribution is 7.91. The summed E-state index contributed by atoms with van der Waals surface area (Å²) in [6.07, 6.45) is 0. The molecular formula is C13H14N2O5S3. The van der Waals surface area contributed by atoms with E-state index in [4.69, 9.17) is 9.88 Å². The Hall–Kier alpha value is -1.75. The highest BCUT2D eigenvalue weighted by Gasteiger charge is 2.18. The van der Waals surface area contributed by atoms with Gasteiger partial charge in [0.05, 0.1) is 5.56 Å². The first-order valence-electron chi connectivity index (χ1n) is 6.31. The van der Waals surface area contributed by atoms with Crippen LogP contribution in [-0.2, 0) is 26.1 Å². The molecule has 0 unspecified atom stereocenters. The van der Waals surface area contributed by atoms with Crippen molar-refractivity contribution in [1.82, 2.24) is 4.90 Å². The number of thiophene rings is 2. The Balaban J connectivity index is 1.88. The number of carbonyl (C=O) groups excluding carboxylic acids is 2. The average molecular weight is 374 g/mol. The van der Waals surface area contributed by atoms with Crippen molar-refractivity contribution in [3.63, 3.8) is 0 Å². The second-order valence-electron chi connectivity index (χ2n) is 4.66. The summed E-state index contributed by atoms with van der Waals surface area (Å²) >= 11 is 2.35. The van der Waals surface area contributed by atoms with Crippen LogP contribution in [0.3, 0.4) is 0 Å². The average Bonchev–Trinajstić information content (AvgIpc) is 3.14. The summed E-state index contributed by atoms with van der Waals surface area (Å²) < 4.78 is 27.1. The third kappa shape index (κ3) is 4.86. The lowest BCUT2D eigenvalue weighted by Crippen LogP contribution is -2.30. The second-order valence-corrected chi connectivity index (χ2v) is 8.14. The standard InChI is InChI=1S/C13H14N2O5S3/c1-15(5-9-2-3-21-7-9)11(16)6-20-13(17)10-4-12(22-8-10)23(14,18)19/h2-4,7-8H,5-6H2,1H3,(H2,14,18,19). The van der Waals surface area contributed by atoms with Gasteiger partial charge in [-0.15, -0.1) is 11.3 Å². The Morgan fingerprint density at radius 1 is 1.35 bits per heavy atom. The summed E-state index contributed by atoms with van der Waals surface area (Å²) in [6, 6.07) is 3.03. The zero-order valence-electron chi connectivity index (χ0n) is 12.1. The van der Waals surface area contributed by atoms with Crippen LogP contribution in [0.25, 0.3) is 0 Å². The van der Waals surface area contributed by atoms with Gasteiger partial charge in [-0.05, 0) is 28.5 Å². The summed E-state index contributed by atoms with van der Waals surface area (Å²) in [6.45, 7) is 0.00786. The van der Waals surface area contributed by atoms with Crippen molar-refractivity contribution >= 4 is 44.6 Å². The van der Waals surface area contributed by atoms with Gasteiger partial charge in [0.1, 0.15) is 4.21 Å². The molecule has 2 aromatic rings. The number of sulfonamides is 1. The smallest absolute Gasteiger partial charge is 0.339 e. The Labute approximate surface area is 141 Å². The van der Waals surface area contributed by atoms with Crippen LogP contribution in [0.5, 0.6) is 0 Å². The Morgan fingerprint density at radius 3 is 2.65 bits per heavy atom. The van der Waals surface area contributed by atoms with Crippen LogP contribution in [0.4, 0.5) is 0 Å². The van der Waals surface area contributed by atoms with Crippen molar-refractivity contribution in [2.45, 2.75) is 10.8 Å². The first-order valence-corrected chi connectivity index (χ1v) is 9.68. The normalized spacial score (nSPS) is 11.2. The van der Waals surface area contributed by atoms with E-state index in [1.54, 1.807) is 7.05 Å². The first-order chi connectivity index (χ1) is 10.8. The number of nitrogens with two attached hydrogens (primary N) is 1. The van der Waals surface area contributed by atoms with E-state index in [0.717, 1.165) is 23.0 Å². The second kappa shape index (κ2) is 7.21. The van der Waals surface area contributed by atoms with E-state index in [1.807, 2.05) is 16.8 Å². The molecule has 0 bridgehead atoms. The van der Waals surface area contributed by atoms with Crippen LogP contribution in [0.15, 0.2) is 32.5 Å². The summed E-state index contributed by atoms with van der Waals surface area (Å²) in [5, 5.41) is 10.1. The van der Waals surface area contributed by atoms with Crippen LogP contribution in [-0.4, -0.2) is 38.8 Å². The number of hydrogen-bond donors (Lipinski definition) is 1. The molecule has 2 heterocycles. The molecule has 124 valence electrons. The van der Waals surface area contributed by atoms with E-state index in [2.05, 4.69) is 0 Å². The summed E-state index contributed by atoms with van der Waals surface area (Å²) in [4.78, 5) is 25.2. The predicted molar refractivity (Wildman–Crippen MR) is 86.8 cm³/mol. The van der Waals surface area contributed by atoms with Crippen molar-refractivity contribution in [3.8, 4) is 0 Å². The molecule has 7 nitrogen and oxygen atoms in total. The highest BCUT2D eigenvalue weighted by atomic mass is 32.2. The topological polar surface area (TPSA) is 107 Å². The van der Waals surface area contributed by atoms with Gasteiger partial charge in [0.15, 0.2) is 6.61 Å². The van der Waals surface area contributed by atoms with Gasteiger partial charge in [-0.2, -0.15) is 11.3 Å². The van der Waals surface area contributed by atoms with Crippen LogP contribution in [0, 0.1) is 0 Å². The number of likely N-dealkylation sites (N-methyl/N-ethyl adjacent to an activating group) is 1. The Bertz CT molecular complexity index is 795. The number of ether oxygens (including phenoxy) is 1. The molecule has 0 aliphatic rings. The van der Waals surface area contributed by atoms with Gasteiger partial charge in [-0.1, -0.05) is 0 Å². The van der Waals surface area contributed by atoms with E-state index in [0.29, 0.717) is 6.54 Å². The van der Waals surface area contributed by atoms with Crippen LogP contribution in [0.1, 0.15) is 15.9 Å². The lowest BCUT2D eigenvalue weighted by atomic mass is 10.3. The van der Waals surface area contributed by atoms with E-state index in [9.17, 15) is 18.0 Å². The van der Waals surface area contributed by atoms with Crippen molar-refractivity contribution < 1.29 is 22.7 Å². The molecule has 1 amide bonds. The van der Waals surface area contributed by atoms with E-state index in [1.165, 1.54) is 21.6 Å². The zero-order chi connectivity index (χ0) is 17.0. The minimum absolute atomic E-state index is 0.0484. The minimum Gasteiger partial charge on any atom is -0.452 e. The molecule has 0 saturated carbocycles. The molecular weight excluding hydrogens is 360 g/mol. The van der Waals surface area contributed by atoms with Crippen LogP contribution >= 0.6 is 22.7 Å². The summed E-state index contributed by atoms with van der Waals surface area (Å²) in [7, 11) is -2.24. The molecule has 0 fully saturated rings. The molecule has 0 spiro atoms. The van der Waals surface area contributed by atoms with E-state index in [-0.39, 0.29) is 15.7 Å². The van der Waals surface area contributed by atoms with Gasteiger partial charge in [-0.25, -0.2) is 18.4 Å². The molecule has 2 N–H and O–H groups in total. The van der Waals surface area contributed by atoms with Gasteiger partial charge in [0.25, 0.3) is 5.91 Å². The number of primary sulfonamides is 1. The number of hydrogen-bond acceptors (Lipinski definition) is 7. The molecule has 0 saturated heterocycles. The Morgan fingerprint density at radius 2 is 2.09 bits per heavy atom. The van der Waals surface area contributed by atoms with Gasteiger partial charge in [0.2, 0.25) is 10.0 Å². The van der Waals surface area contributed by atoms with Gasteiger partial charge in [-0.3, -0.25) is 4.79 Å². The molecule has 2 rings (SSSR count). The molecule has 0 aliphatic carbocycles. The van der Waals surface area contributed by atoms with Gasteiger partial charge in [0, 0.05) is 19.0 Å². The van der Waals surface area contributed by atoms with Crippen molar-refractivity contribution in [2.24, 2.45) is 5.14 Å². The fourth-order valence-corrected chi connectivity index (χ4v) is 3.87. The maximum absolute atomic E-state index is 11.9. The van der Waals surface area contributed by atoms with E-state index >= 15 is 0 Å². The molecule has 10 heteroatoms. The van der Waals surface area contributed by atoms with Crippen molar-refractivity contribution in [3.05, 3.63) is 39.4 Å². The number of nitrogens with zero attached hydrogens (tertiary/aromatic N) is 1. The Kier molecular flexibility index (Phi) is 5.52. The number of amides is 1. The van der Waals surface area contributed by atoms with Gasteiger partial charge < -0.3 is 9.64 Å². The van der Waals surface area contributed by atoms with Crippen LogP contribution < -0.4 is 5.14 Å². The molecule has 0 atom stereocenters. The minimum atomic E-state index is -3.85. The van der Waals surface area contributed by atoms with Crippen molar-refractivity contribution in [1.29, 1.82) is 0 Å². The maximum atomic E-state index is 11.9. The fourth-order valence-electron chi connectivity index (χ4n) is 1.64. The third-order valence-corrected chi connectivity index (χ3v) is 5.96. The molecule has 0 radical (unpaired) electrons. The molecule has 2 aromatic heterocycles. The zero-order valence-corrected chi connectivity index (χ0v) is 14.5. The first kappa shape index (κ1) is 17.6. The predicted octanol–water partition coefficient (Wildman–Crippen LogP) is 1.27. The quantitative estimate of drug-likeness (QED) is 0.766. The number of carbonyl (C=O) groups is 2. The number of esters is 1. The van der Waals surface area contributed by atoms with Crippen LogP contribution in [0.2, 0.25) is 0 Å². The SMILES string of the molecule is CN(Cc1ccsc1)C(=O)COC(=O)c1csc(S(N)(=O)=O)c1. The summed E-state index contributed by atoms with van der Waals surface area (Å²) in [5.41, 5.74) is 1.04. The van der Waals surface area contributed by atoms with Crippen molar-refractivity contribution in [2.75, 3.05) is 13.7 Å². The lowest BCUT2D eigenvalue weighted by Gasteiger charge is -2.16. The molecule has 23 heavy (non-hydrogen) atoms. The van der Waals surface area contributed by atoms with Gasteiger partial charge >= 0.3 is 5.97 Å². The largest absolute Gasteiger partial charge is 0.452 e. The molecule has 0 aliphatic heterocycles. The third-order valence-electron chi connectivity index (χ3n) is 2.84. The molecule has 0 aromatic carbocycles. The highest BCUT2D eigenvalue weighted by Crippen LogP contribution is 2.19. The monoisotopic (exact) mass is 374 g/mol. The summed E-state index contributed by atoms with van der Waals surface area (Å²) in [5.74, 6) is -1.13. The fraction of sp³-hybridized carbons (Fsp3) is 0.231. The number of rotatable bonds is 6. The van der Waals surface area contributed by atoms with E-state index < -0.39 is 22.6 Å². The lowest BCUT2D eigenvalue weighted by molar-refractivity contribution is -0.133.